The van der Waals surface area contributed by atoms with Crippen LogP contribution in [0.15, 0.2) is 24.3 Å². The maximum atomic E-state index is 10.8. The number of unbranched alkanes of at least 4 members (excludes halogenated alkanes) is 1. The summed E-state index contributed by atoms with van der Waals surface area (Å²) in [5.74, 6) is -0.864. The molecule has 0 atom stereocenters. The number of aryl methyl sites for hydroxylation is 1. The molecule has 0 aliphatic carbocycles. The van der Waals surface area contributed by atoms with Gasteiger partial charge < -0.3 is 5.11 Å². The van der Waals surface area contributed by atoms with Crippen molar-refractivity contribution in [3.63, 3.8) is 0 Å². The van der Waals surface area contributed by atoms with Gasteiger partial charge in [0.05, 0.1) is 5.56 Å². The standard InChI is InChI=1S/C13H16O2/c1-3-4-5-6-11-7-8-12(13(14)15)10(2)9-11/h5-9H,3-4H2,1-2H3,(H,14,15)/b6-5-. The highest BCUT2D eigenvalue weighted by atomic mass is 16.4. The van der Waals surface area contributed by atoms with E-state index in [2.05, 4.69) is 13.0 Å². The molecule has 0 aliphatic heterocycles. The Labute approximate surface area is 90.3 Å². The third kappa shape index (κ3) is 3.24. The summed E-state index contributed by atoms with van der Waals surface area (Å²) >= 11 is 0. The van der Waals surface area contributed by atoms with Gasteiger partial charge in [0.25, 0.3) is 0 Å². The first-order valence-electron chi connectivity index (χ1n) is 5.15. The molecule has 1 N–H and O–H groups in total. The zero-order valence-corrected chi connectivity index (χ0v) is 9.16. The summed E-state index contributed by atoms with van der Waals surface area (Å²) in [7, 11) is 0. The van der Waals surface area contributed by atoms with Gasteiger partial charge in [-0.25, -0.2) is 4.79 Å². The lowest BCUT2D eigenvalue weighted by atomic mass is 10.0. The molecular weight excluding hydrogens is 188 g/mol. The molecule has 1 aromatic rings. The van der Waals surface area contributed by atoms with Crippen molar-refractivity contribution in [3.05, 3.63) is 41.0 Å². The minimum atomic E-state index is -0.864. The minimum Gasteiger partial charge on any atom is -0.478 e. The molecule has 0 fully saturated rings. The molecule has 0 aromatic heterocycles. The molecule has 2 heteroatoms. The average molecular weight is 204 g/mol. The molecule has 1 aromatic carbocycles. The van der Waals surface area contributed by atoms with Crippen LogP contribution in [-0.2, 0) is 0 Å². The summed E-state index contributed by atoms with van der Waals surface area (Å²) < 4.78 is 0. The molecule has 80 valence electrons. The lowest BCUT2D eigenvalue weighted by Crippen LogP contribution is -1.99. The van der Waals surface area contributed by atoms with Gasteiger partial charge in [-0.1, -0.05) is 37.6 Å². The molecular formula is C13H16O2. The largest absolute Gasteiger partial charge is 0.478 e. The Balaban J connectivity index is 2.87. The van der Waals surface area contributed by atoms with E-state index in [1.165, 1.54) is 0 Å². The van der Waals surface area contributed by atoms with E-state index in [0.29, 0.717) is 5.56 Å². The zero-order chi connectivity index (χ0) is 11.3. The monoisotopic (exact) mass is 204 g/mol. The fraction of sp³-hybridized carbons (Fsp3) is 0.308. The first kappa shape index (κ1) is 11.5. The van der Waals surface area contributed by atoms with Crippen LogP contribution in [0.25, 0.3) is 6.08 Å². The fourth-order valence-corrected chi connectivity index (χ4v) is 1.42. The minimum absolute atomic E-state index is 0.377. The van der Waals surface area contributed by atoms with Gasteiger partial charge in [-0.2, -0.15) is 0 Å². The van der Waals surface area contributed by atoms with E-state index in [9.17, 15) is 4.79 Å². The average Bonchev–Trinajstić information content (AvgIpc) is 2.17. The number of carbonyl (C=O) groups is 1. The molecule has 0 amide bonds. The Morgan fingerprint density at radius 3 is 2.73 bits per heavy atom. The van der Waals surface area contributed by atoms with Crippen LogP contribution in [0.1, 0.15) is 41.3 Å². The number of benzene rings is 1. The van der Waals surface area contributed by atoms with Crippen LogP contribution in [0.3, 0.4) is 0 Å². The van der Waals surface area contributed by atoms with Crippen molar-refractivity contribution in [2.45, 2.75) is 26.7 Å². The van der Waals surface area contributed by atoms with Crippen LogP contribution in [-0.4, -0.2) is 11.1 Å². The summed E-state index contributed by atoms with van der Waals surface area (Å²) in [6, 6.07) is 5.39. The summed E-state index contributed by atoms with van der Waals surface area (Å²) in [6.07, 6.45) is 6.32. The molecule has 0 saturated heterocycles. The van der Waals surface area contributed by atoms with E-state index in [0.717, 1.165) is 24.0 Å². The Hall–Kier alpha value is -1.57. The molecule has 0 radical (unpaired) electrons. The number of rotatable bonds is 4. The van der Waals surface area contributed by atoms with E-state index in [1.54, 1.807) is 6.07 Å². The number of carboxylic acid groups (broad SMARTS) is 1. The molecule has 0 unspecified atom stereocenters. The predicted molar refractivity (Wildman–Crippen MR) is 62.1 cm³/mol. The van der Waals surface area contributed by atoms with Gasteiger partial charge in [0, 0.05) is 0 Å². The van der Waals surface area contributed by atoms with Crippen LogP contribution in [0, 0.1) is 6.92 Å². The van der Waals surface area contributed by atoms with Crippen LogP contribution >= 0.6 is 0 Å². The van der Waals surface area contributed by atoms with Crippen molar-refractivity contribution in [3.8, 4) is 0 Å². The second-order valence-corrected chi connectivity index (χ2v) is 3.57. The van der Waals surface area contributed by atoms with E-state index < -0.39 is 5.97 Å². The number of hydrogen-bond acceptors (Lipinski definition) is 1. The number of allylic oxidation sites excluding steroid dienone is 1. The van der Waals surface area contributed by atoms with Crippen molar-refractivity contribution in [2.75, 3.05) is 0 Å². The third-order valence-corrected chi connectivity index (χ3v) is 2.25. The van der Waals surface area contributed by atoms with Crippen molar-refractivity contribution in [1.82, 2.24) is 0 Å². The molecule has 0 heterocycles. The van der Waals surface area contributed by atoms with Gasteiger partial charge >= 0.3 is 5.97 Å². The normalized spacial score (nSPS) is 10.8. The van der Waals surface area contributed by atoms with Gasteiger partial charge in [0.2, 0.25) is 0 Å². The quantitative estimate of drug-likeness (QED) is 0.814. The van der Waals surface area contributed by atoms with Gasteiger partial charge in [0.15, 0.2) is 0 Å². The van der Waals surface area contributed by atoms with E-state index in [4.69, 9.17) is 5.11 Å². The first-order chi connectivity index (χ1) is 7.15. The Morgan fingerprint density at radius 1 is 1.47 bits per heavy atom. The highest BCUT2D eigenvalue weighted by Crippen LogP contribution is 2.12. The van der Waals surface area contributed by atoms with Crippen LogP contribution in [0.4, 0.5) is 0 Å². The maximum Gasteiger partial charge on any atom is 0.335 e. The lowest BCUT2D eigenvalue weighted by molar-refractivity contribution is 0.0696. The van der Waals surface area contributed by atoms with Crippen molar-refractivity contribution in [1.29, 1.82) is 0 Å². The SMILES string of the molecule is CCC/C=C\c1ccc(C(=O)O)c(C)c1. The Bertz CT molecular complexity index is 378. The third-order valence-electron chi connectivity index (χ3n) is 2.25. The van der Waals surface area contributed by atoms with Gasteiger partial charge in [-0.15, -0.1) is 0 Å². The van der Waals surface area contributed by atoms with Crippen LogP contribution < -0.4 is 0 Å². The van der Waals surface area contributed by atoms with E-state index in [1.807, 2.05) is 25.1 Å². The highest BCUT2D eigenvalue weighted by Gasteiger charge is 2.05. The summed E-state index contributed by atoms with van der Waals surface area (Å²) in [4.78, 5) is 10.8. The van der Waals surface area contributed by atoms with Gasteiger partial charge in [-0.3, -0.25) is 0 Å². The Kier molecular flexibility index (Phi) is 4.10. The second kappa shape index (κ2) is 5.35. The molecule has 0 bridgehead atoms. The van der Waals surface area contributed by atoms with Gasteiger partial charge in [-0.05, 0) is 30.5 Å². The number of carboxylic acids is 1. The van der Waals surface area contributed by atoms with Crippen molar-refractivity contribution in [2.24, 2.45) is 0 Å². The first-order valence-corrected chi connectivity index (χ1v) is 5.15. The highest BCUT2D eigenvalue weighted by molar-refractivity contribution is 5.89. The maximum absolute atomic E-state index is 10.8. The van der Waals surface area contributed by atoms with E-state index in [-0.39, 0.29) is 0 Å². The topological polar surface area (TPSA) is 37.3 Å². The van der Waals surface area contributed by atoms with Crippen molar-refractivity contribution < 1.29 is 9.90 Å². The molecule has 15 heavy (non-hydrogen) atoms. The summed E-state index contributed by atoms with van der Waals surface area (Å²) in [5, 5.41) is 8.85. The number of aromatic carboxylic acids is 1. The van der Waals surface area contributed by atoms with E-state index >= 15 is 0 Å². The smallest absolute Gasteiger partial charge is 0.335 e. The summed E-state index contributed by atoms with van der Waals surface area (Å²) in [6.45, 7) is 3.95. The van der Waals surface area contributed by atoms with Gasteiger partial charge in [0.1, 0.15) is 0 Å². The summed E-state index contributed by atoms with van der Waals surface area (Å²) in [5.41, 5.74) is 2.25. The molecule has 0 spiro atoms. The Morgan fingerprint density at radius 2 is 2.20 bits per heavy atom. The van der Waals surface area contributed by atoms with Crippen LogP contribution in [0.5, 0.6) is 0 Å². The predicted octanol–water partition coefficient (Wildman–Crippen LogP) is 3.51. The molecule has 0 aliphatic rings. The molecule has 2 nitrogen and oxygen atoms in total. The second-order valence-electron chi connectivity index (χ2n) is 3.57. The molecule has 1 rings (SSSR count). The van der Waals surface area contributed by atoms with Crippen LogP contribution in [0.2, 0.25) is 0 Å². The lowest BCUT2D eigenvalue weighted by Gasteiger charge is -2.01. The number of hydrogen-bond donors (Lipinski definition) is 1. The van der Waals surface area contributed by atoms with Crippen molar-refractivity contribution >= 4 is 12.0 Å². The zero-order valence-electron chi connectivity index (χ0n) is 9.16. The molecule has 0 saturated carbocycles. The fourth-order valence-electron chi connectivity index (χ4n) is 1.42.